The van der Waals surface area contributed by atoms with Gasteiger partial charge in [-0.25, -0.2) is 0 Å². The zero-order valence-corrected chi connectivity index (χ0v) is 7.76. The number of para-hydroxylation sites is 1. The van der Waals surface area contributed by atoms with Gasteiger partial charge in [-0.05, 0) is 0 Å². The molecule has 1 radical (unpaired) electrons. The van der Waals surface area contributed by atoms with Gasteiger partial charge in [0.2, 0.25) is 5.69 Å². The third kappa shape index (κ3) is 2.08. The fourth-order valence-corrected chi connectivity index (χ4v) is 1.01. The summed E-state index contributed by atoms with van der Waals surface area (Å²) in [6.07, 6.45) is 0. The Morgan fingerprint density at radius 1 is 1.00 bits per heavy atom. The highest BCUT2D eigenvalue weighted by Crippen LogP contribution is 2.19. The van der Waals surface area contributed by atoms with Crippen molar-refractivity contribution in [3.63, 3.8) is 0 Å². The summed E-state index contributed by atoms with van der Waals surface area (Å²) in [4.78, 5) is 0. The van der Waals surface area contributed by atoms with Gasteiger partial charge in [0.15, 0.2) is 0 Å². The van der Waals surface area contributed by atoms with Gasteiger partial charge in [0.1, 0.15) is 0 Å². The van der Waals surface area contributed by atoms with Crippen molar-refractivity contribution in [2.75, 3.05) is 0 Å². The van der Waals surface area contributed by atoms with Crippen LogP contribution in [0.5, 0.6) is 0 Å². The molecule has 0 saturated heterocycles. The van der Waals surface area contributed by atoms with Crippen molar-refractivity contribution in [1.82, 2.24) is 2.95 Å². The minimum absolute atomic E-state index is 1.08. The first-order chi connectivity index (χ1) is 4.30. The summed E-state index contributed by atoms with van der Waals surface area (Å²) in [7, 11) is 0. The maximum absolute atomic E-state index is 3.23. The lowest BCUT2D eigenvalue weighted by molar-refractivity contribution is 1.33. The molecule has 0 heterocycles. The van der Waals surface area contributed by atoms with Crippen LogP contribution in [0.3, 0.4) is 0 Å². The lowest BCUT2D eigenvalue weighted by Crippen LogP contribution is -1.88. The molecule has 1 aromatic rings. The molecule has 1 rings (SSSR count). The van der Waals surface area contributed by atoms with E-state index >= 15 is 0 Å². The smallest absolute Gasteiger partial charge is 0.0618 e. The van der Waals surface area contributed by atoms with Crippen LogP contribution in [0.2, 0.25) is 0 Å². The summed E-state index contributed by atoms with van der Waals surface area (Å²) < 4.78 is 1.71. The van der Waals surface area contributed by atoms with E-state index < -0.39 is 0 Å². The van der Waals surface area contributed by atoms with Crippen LogP contribution in [0, 0.1) is 0 Å². The minimum atomic E-state index is 1.08. The fraction of sp³-hybridized carbons (Fsp3) is 0. The second-order valence-corrected chi connectivity index (χ2v) is 3.94. The first kappa shape index (κ1) is 7.25. The van der Waals surface area contributed by atoms with E-state index in [2.05, 4.69) is 32.3 Å². The van der Waals surface area contributed by atoms with Gasteiger partial charge in [0.05, 0.1) is 0 Å². The van der Waals surface area contributed by atoms with Crippen molar-refractivity contribution >= 4 is 38.0 Å². The Hall–Kier alpha value is 0.140. The quantitative estimate of drug-likeness (QED) is 0.676. The largest absolute Gasteiger partial charge is 0.307 e. The lowest BCUT2D eigenvalue weighted by atomic mass is 10.3. The molecule has 0 bridgehead atoms. The van der Waals surface area contributed by atoms with Crippen LogP contribution in [-0.2, 0) is 0 Å². The second-order valence-electron chi connectivity index (χ2n) is 1.57. The van der Waals surface area contributed by atoms with E-state index in [1.807, 2.05) is 30.3 Å². The monoisotopic (exact) mass is 249 g/mol. The van der Waals surface area contributed by atoms with E-state index in [0.29, 0.717) is 0 Å². The van der Waals surface area contributed by atoms with E-state index in [1.165, 1.54) is 0 Å². The highest BCUT2D eigenvalue weighted by Gasteiger charge is 2.09. The van der Waals surface area contributed by atoms with Gasteiger partial charge in [-0.2, -0.15) is 0 Å². The second kappa shape index (κ2) is 3.34. The highest BCUT2D eigenvalue weighted by atomic mass is 79.9. The van der Waals surface area contributed by atoms with Gasteiger partial charge < -0.3 is 0 Å². The number of benzene rings is 1. The van der Waals surface area contributed by atoms with Crippen molar-refractivity contribution in [3.8, 4) is 0 Å². The Balaban J connectivity index is 2.85. The van der Waals surface area contributed by atoms with Crippen LogP contribution in [-0.4, -0.2) is 0 Å². The number of nitrogens with zero attached hydrogens (tertiary/aromatic N) is 1. The topological polar surface area (TPSA) is 5.90 Å². The SMILES string of the molecule is Br[N+](Br)c1ccccc1. The van der Waals surface area contributed by atoms with Gasteiger partial charge in [-0.3, -0.25) is 0 Å². The van der Waals surface area contributed by atoms with Crippen molar-refractivity contribution in [3.05, 3.63) is 30.3 Å². The van der Waals surface area contributed by atoms with Crippen LogP contribution in [0.25, 0.3) is 0 Å². The molecule has 3 heteroatoms. The molecule has 0 saturated carbocycles. The molecule has 0 N–H and O–H groups in total. The van der Waals surface area contributed by atoms with Crippen LogP contribution in [0.4, 0.5) is 5.69 Å². The van der Waals surface area contributed by atoms with Gasteiger partial charge in [0, 0.05) is 15.1 Å². The molecule has 1 nitrogen and oxygen atoms in total. The number of hydrogen-bond acceptors (Lipinski definition) is 1. The lowest BCUT2D eigenvalue weighted by Gasteiger charge is -1.87. The van der Waals surface area contributed by atoms with E-state index in [-0.39, 0.29) is 0 Å². The molecule has 0 aliphatic heterocycles. The maximum atomic E-state index is 3.23. The summed E-state index contributed by atoms with van der Waals surface area (Å²) in [6.45, 7) is 0. The zero-order valence-electron chi connectivity index (χ0n) is 4.59. The Morgan fingerprint density at radius 3 is 1.89 bits per heavy atom. The third-order valence-corrected chi connectivity index (χ3v) is 1.77. The highest BCUT2D eigenvalue weighted by molar-refractivity contribution is 9.22. The van der Waals surface area contributed by atoms with Crippen LogP contribution in [0.1, 0.15) is 0 Å². The van der Waals surface area contributed by atoms with Crippen LogP contribution >= 0.6 is 32.3 Å². The van der Waals surface area contributed by atoms with Crippen molar-refractivity contribution < 1.29 is 0 Å². The minimum Gasteiger partial charge on any atom is -0.0618 e. The summed E-state index contributed by atoms with van der Waals surface area (Å²) in [5.74, 6) is 0. The first-order valence-corrected chi connectivity index (χ1v) is 3.89. The molecule has 0 atom stereocenters. The standard InChI is InChI=1S/C6H5Br2N/c7-9(8)6-4-2-1-3-5-6/h1-5H/q+1. The Morgan fingerprint density at radius 2 is 1.56 bits per heavy atom. The molecular weight excluding hydrogens is 246 g/mol. The summed E-state index contributed by atoms with van der Waals surface area (Å²) in [6, 6.07) is 9.91. The summed E-state index contributed by atoms with van der Waals surface area (Å²) >= 11 is 6.46. The number of anilines is 1. The molecule has 0 unspecified atom stereocenters. The van der Waals surface area contributed by atoms with Crippen molar-refractivity contribution in [2.24, 2.45) is 0 Å². The molecule has 0 spiro atoms. The van der Waals surface area contributed by atoms with Crippen molar-refractivity contribution in [2.45, 2.75) is 0 Å². The molecule has 0 aliphatic rings. The molecule has 9 heavy (non-hydrogen) atoms. The fourth-order valence-electron chi connectivity index (χ4n) is 0.541. The number of hydrogen-bond donors (Lipinski definition) is 0. The Labute approximate surface area is 71.3 Å². The third-order valence-electron chi connectivity index (χ3n) is 0.951. The predicted molar refractivity (Wildman–Crippen MR) is 46.1 cm³/mol. The first-order valence-electron chi connectivity index (χ1n) is 2.47. The molecule has 0 aromatic heterocycles. The summed E-state index contributed by atoms with van der Waals surface area (Å²) in [5, 5.41) is 0. The van der Waals surface area contributed by atoms with Gasteiger partial charge in [-0.1, -0.05) is 18.2 Å². The number of rotatable bonds is 1. The van der Waals surface area contributed by atoms with Crippen LogP contribution in [0.15, 0.2) is 30.3 Å². The predicted octanol–water partition coefficient (Wildman–Crippen LogP) is 3.08. The van der Waals surface area contributed by atoms with E-state index in [9.17, 15) is 0 Å². The average molecular weight is 251 g/mol. The zero-order chi connectivity index (χ0) is 6.69. The van der Waals surface area contributed by atoms with Crippen LogP contribution < -0.4 is 2.95 Å². The van der Waals surface area contributed by atoms with Gasteiger partial charge in [0.25, 0.3) is 0 Å². The normalized spacial score (nSPS) is 10.1. The van der Waals surface area contributed by atoms with Gasteiger partial charge in [-0.15, -0.1) is 0 Å². The van der Waals surface area contributed by atoms with Crippen molar-refractivity contribution in [1.29, 1.82) is 0 Å². The van der Waals surface area contributed by atoms with E-state index in [4.69, 9.17) is 0 Å². The number of halogens is 2. The molecule has 0 fully saturated rings. The maximum Gasteiger partial charge on any atom is 0.307 e. The van der Waals surface area contributed by atoms with Gasteiger partial charge >= 0.3 is 32.3 Å². The Kier molecular flexibility index (Phi) is 2.69. The molecule has 47 valence electrons. The molecule has 0 aliphatic carbocycles. The average Bonchev–Trinajstić information content (AvgIpc) is 1.90. The molecule has 0 amide bonds. The molecular formula is C6H5Br2N+. The molecule has 1 aromatic carbocycles. The van der Waals surface area contributed by atoms with E-state index in [1.54, 1.807) is 2.95 Å². The summed E-state index contributed by atoms with van der Waals surface area (Å²) in [5.41, 5.74) is 1.08. The Bertz CT molecular complexity index is 174. The van der Waals surface area contributed by atoms with E-state index in [0.717, 1.165) is 5.69 Å².